The fourth-order valence-electron chi connectivity index (χ4n) is 2.26. The highest BCUT2D eigenvalue weighted by Gasteiger charge is 2.07. The average molecular weight is 309 g/mol. The Labute approximate surface area is 132 Å². The molecule has 0 bridgehead atoms. The number of aromatic amines is 1. The molecule has 0 unspecified atom stereocenters. The molecule has 4 N–H and O–H groups in total. The molecule has 23 heavy (non-hydrogen) atoms. The molecule has 1 amide bonds. The van der Waals surface area contributed by atoms with E-state index in [4.69, 9.17) is 5.11 Å². The van der Waals surface area contributed by atoms with Gasteiger partial charge in [0.2, 0.25) is 0 Å². The predicted molar refractivity (Wildman–Crippen MR) is 88.0 cm³/mol. The van der Waals surface area contributed by atoms with Crippen LogP contribution in [0.3, 0.4) is 0 Å². The van der Waals surface area contributed by atoms with Crippen molar-refractivity contribution in [2.75, 3.05) is 11.9 Å². The van der Waals surface area contributed by atoms with Gasteiger partial charge in [0.05, 0.1) is 0 Å². The third-order valence-electron chi connectivity index (χ3n) is 3.39. The summed E-state index contributed by atoms with van der Waals surface area (Å²) in [5.74, 6) is -1.48. The fraction of sp³-hybridized carbons (Fsp3) is 0.0588. The van der Waals surface area contributed by atoms with Gasteiger partial charge in [-0.3, -0.25) is 9.59 Å². The minimum atomic E-state index is -1.07. The standard InChI is InChI=1S/C17H15N3O3/c21-16(22)10-19-17(23)11-1-3-13(4-2-11)20-14-5-6-15-12(9-14)7-8-18-15/h1-9,18,20H,10H2,(H,19,23)(H,21,22). The first-order chi connectivity index (χ1) is 11.1. The Kier molecular flexibility index (Phi) is 3.97. The molecule has 0 fully saturated rings. The van der Waals surface area contributed by atoms with Crippen LogP contribution in [0.25, 0.3) is 10.9 Å². The fourth-order valence-corrected chi connectivity index (χ4v) is 2.26. The average Bonchev–Trinajstić information content (AvgIpc) is 3.01. The molecular formula is C17H15N3O3. The van der Waals surface area contributed by atoms with E-state index in [0.717, 1.165) is 22.3 Å². The van der Waals surface area contributed by atoms with E-state index in [-0.39, 0.29) is 0 Å². The van der Waals surface area contributed by atoms with Crippen molar-refractivity contribution in [3.05, 3.63) is 60.3 Å². The molecule has 0 spiro atoms. The molecule has 1 heterocycles. The summed E-state index contributed by atoms with van der Waals surface area (Å²) in [5.41, 5.74) is 3.27. The lowest BCUT2D eigenvalue weighted by Crippen LogP contribution is -2.29. The Bertz CT molecular complexity index is 853. The van der Waals surface area contributed by atoms with Crippen LogP contribution in [0.2, 0.25) is 0 Å². The maximum absolute atomic E-state index is 11.7. The number of nitrogens with one attached hydrogen (secondary N) is 3. The van der Waals surface area contributed by atoms with E-state index in [2.05, 4.69) is 15.6 Å². The van der Waals surface area contributed by atoms with Crippen molar-refractivity contribution in [3.63, 3.8) is 0 Å². The molecule has 1 aromatic heterocycles. The van der Waals surface area contributed by atoms with Gasteiger partial charge in [0.1, 0.15) is 6.54 Å². The van der Waals surface area contributed by atoms with Crippen LogP contribution in [0.15, 0.2) is 54.7 Å². The normalized spacial score (nSPS) is 10.4. The molecule has 3 aromatic rings. The van der Waals surface area contributed by atoms with Crippen LogP contribution in [0.1, 0.15) is 10.4 Å². The Hall–Kier alpha value is -3.28. The van der Waals surface area contributed by atoms with E-state index in [0.29, 0.717) is 5.56 Å². The van der Waals surface area contributed by atoms with Crippen molar-refractivity contribution < 1.29 is 14.7 Å². The van der Waals surface area contributed by atoms with Gasteiger partial charge < -0.3 is 20.7 Å². The first kappa shape index (κ1) is 14.6. The molecule has 0 aliphatic carbocycles. The molecule has 0 aliphatic rings. The molecule has 116 valence electrons. The SMILES string of the molecule is O=C(O)CNC(=O)c1ccc(Nc2ccc3[nH]ccc3c2)cc1. The van der Waals surface area contributed by atoms with Crippen molar-refractivity contribution in [2.45, 2.75) is 0 Å². The number of rotatable bonds is 5. The van der Waals surface area contributed by atoms with Gasteiger partial charge in [0, 0.05) is 34.0 Å². The van der Waals surface area contributed by atoms with Crippen LogP contribution in [-0.4, -0.2) is 28.5 Å². The zero-order valence-electron chi connectivity index (χ0n) is 12.2. The highest BCUT2D eigenvalue weighted by molar-refractivity contribution is 5.96. The molecule has 0 atom stereocenters. The molecule has 0 saturated heterocycles. The summed E-state index contributed by atoms with van der Waals surface area (Å²) in [4.78, 5) is 25.3. The molecule has 6 heteroatoms. The van der Waals surface area contributed by atoms with E-state index in [1.807, 2.05) is 30.5 Å². The number of aromatic nitrogens is 1. The van der Waals surface area contributed by atoms with Crippen LogP contribution in [-0.2, 0) is 4.79 Å². The number of carbonyl (C=O) groups is 2. The summed E-state index contributed by atoms with van der Waals surface area (Å²) < 4.78 is 0. The van der Waals surface area contributed by atoms with Gasteiger partial charge in [0.25, 0.3) is 5.91 Å². The summed E-state index contributed by atoms with van der Waals surface area (Å²) in [6.45, 7) is -0.393. The largest absolute Gasteiger partial charge is 0.480 e. The molecule has 0 radical (unpaired) electrons. The summed E-state index contributed by atoms with van der Waals surface area (Å²) in [7, 11) is 0. The van der Waals surface area contributed by atoms with Crippen molar-refractivity contribution in [3.8, 4) is 0 Å². The third kappa shape index (κ3) is 3.49. The van der Waals surface area contributed by atoms with Gasteiger partial charge in [-0.15, -0.1) is 0 Å². The van der Waals surface area contributed by atoms with E-state index < -0.39 is 18.4 Å². The number of fused-ring (bicyclic) bond motifs is 1. The second kappa shape index (κ2) is 6.23. The summed E-state index contributed by atoms with van der Waals surface area (Å²) in [6.07, 6.45) is 1.89. The van der Waals surface area contributed by atoms with Crippen LogP contribution >= 0.6 is 0 Å². The second-order valence-corrected chi connectivity index (χ2v) is 5.06. The highest BCUT2D eigenvalue weighted by atomic mass is 16.4. The van der Waals surface area contributed by atoms with Crippen LogP contribution in [0.4, 0.5) is 11.4 Å². The number of hydrogen-bond acceptors (Lipinski definition) is 3. The molecule has 2 aromatic carbocycles. The number of aliphatic carboxylic acids is 1. The van der Waals surface area contributed by atoms with Gasteiger partial charge in [-0.05, 0) is 48.5 Å². The van der Waals surface area contributed by atoms with Crippen molar-refractivity contribution in [1.82, 2.24) is 10.3 Å². The van der Waals surface area contributed by atoms with Crippen LogP contribution in [0, 0.1) is 0 Å². The third-order valence-corrected chi connectivity index (χ3v) is 3.39. The smallest absolute Gasteiger partial charge is 0.322 e. The van der Waals surface area contributed by atoms with Gasteiger partial charge in [0.15, 0.2) is 0 Å². The Morgan fingerprint density at radius 1 is 1.00 bits per heavy atom. The lowest BCUT2D eigenvalue weighted by molar-refractivity contribution is -0.135. The van der Waals surface area contributed by atoms with Crippen molar-refractivity contribution in [1.29, 1.82) is 0 Å². The van der Waals surface area contributed by atoms with E-state index in [1.54, 1.807) is 24.3 Å². The first-order valence-corrected chi connectivity index (χ1v) is 7.06. The Morgan fingerprint density at radius 3 is 2.48 bits per heavy atom. The van der Waals surface area contributed by atoms with Gasteiger partial charge in [-0.1, -0.05) is 0 Å². The molecule has 3 rings (SSSR count). The lowest BCUT2D eigenvalue weighted by atomic mass is 10.2. The van der Waals surface area contributed by atoms with Gasteiger partial charge in [-0.2, -0.15) is 0 Å². The maximum atomic E-state index is 11.7. The topological polar surface area (TPSA) is 94.2 Å². The molecule has 6 nitrogen and oxygen atoms in total. The number of H-pyrrole nitrogens is 1. The summed E-state index contributed by atoms with van der Waals surface area (Å²) in [5, 5.41) is 15.2. The quantitative estimate of drug-likeness (QED) is 0.583. The minimum Gasteiger partial charge on any atom is -0.480 e. The highest BCUT2D eigenvalue weighted by Crippen LogP contribution is 2.21. The summed E-state index contributed by atoms with van der Waals surface area (Å²) >= 11 is 0. The maximum Gasteiger partial charge on any atom is 0.322 e. The van der Waals surface area contributed by atoms with Crippen molar-refractivity contribution >= 4 is 34.2 Å². The van der Waals surface area contributed by atoms with E-state index in [9.17, 15) is 9.59 Å². The lowest BCUT2D eigenvalue weighted by Gasteiger charge is -2.08. The molecule has 0 saturated carbocycles. The Balaban J connectivity index is 1.69. The number of hydrogen-bond donors (Lipinski definition) is 4. The zero-order valence-corrected chi connectivity index (χ0v) is 12.2. The molecule has 0 aliphatic heterocycles. The van der Waals surface area contributed by atoms with Gasteiger partial charge >= 0.3 is 5.97 Å². The number of carboxylic acid groups (broad SMARTS) is 1. The van der Waals surface area contributed by atoms with Crippen LogP contribution < -0.4 is 10.6 Å². The van der Waals surface area contributed by atoms with Gasteiger partial charge in [-0.25, -0.2) is 0 Å². The van der Waals surface area contributed by atoms with E-state index >= 15 is 0 Å². The zero-order chi connectivity index (χ0) is 16.2. The first-order valence-electron chi connectivity index (χ1n) is 7.06. The number of carbonyl (C=O) groups excluding carboxylic acids is 1. The van der Waals surface area contributed by atoms with Crippen molar-refractivity contribution in [2.24, 2.45) is 0 Å². The predicted octanol–water partition coefficient (Wildman–Crippen LogP) is 2.73. The molecular weight excluding hydrogens is 294 g/mol. The second-order valence-electron chi connectivity index (χ2n) is 5.06. The number of amides is 1. The summed E-state index contributed by atoms with van der Waals surface area (Å²) in [6, 6.07) is 14.8. The monoisotopic (exact) mass is 309 g/mol. The minimum absolute atomic E-state index is 0.393. The van der Waals surface area contributed by atoms with Crippen LogP contribution in [0.5, 0.6) is 0 Å². The van der Waals surface area contributed by atoms with E-state index in [1.165, 1.54) is 0 Å². The number of carboxylic acids is 1. The number of benzene rings is 2. The number of anilines is 2. The Morgan fingerprint density at radius 2 is 1.74 bits per heavy atom.